The average molecular weight is 289 g/mol. The number of fused-ring (bicyclic) bond motifs is 1. The number of aryl methyl sites for hydroxylation is 1. The zero-order valence-electron chi connectivity index (χ0n) is 11.4. The van der Waals surface area contributed by atoms with Crippen molar-refractivity contribution in [2.24, 2.45) is 0 Å². The third kappa shape index (κ3) is 2.22. The molecule has 0 aliphatic carbocycles. The van der Waals surface area contributed by atoms with E-state index in [4.69, 9.17) is 0 Å². The Labute approximate surface area is 119 Å². The highest BCUT2D eigenvalue weighted by atomic mass is 19.1. The van der Waals surface area contributed by atoms with Crippen molar-refractivity contribution in [3.05, 3.63) is 63.7 Å². The number of pyridine rings is 1. The maximum absolute atomic E-state index is 13.8. The molecule has 0 unspecified atom stereocenters. The first kappa shape index (κ1) is 13.5. The van der Waals surface area contributed by atoms with Gasteiger partial charge in [-0.05, 0) is 24.6 Å². The normalized spacial score (nSPS) is 11.2. The summed E-state index contributed by atoms with van der Waals surface area (Å²) in [7, 11) is 0. The minimum absolute atomic E-state index is 0.0571. The molecule has 0 bridgehead atoms. The van der Waals surface area contributed by atoms with Crippen molar-refractivity contribution in [3.63, 3.8) is 0 Å². The van der Waals surface area contributed by atoms with Crippen LogP contribution in [-0.4, -0.2) is 14.8 Å². The Kier molecular flexibility index (Phi) is 3.29. The van der Waals surface area contributed by atoms with Gasteiger partial charge < -0.3 is 4.98 Å². The largest absolute Gasteiger partial charge is 0.328 e. The van der Waals surface area contributed by atoms with Crippen LogP contribution in [0, 0.1) is 11.6 Å². The second-order valence-corrected chi connectivity index (χ2v) is 4.73. The second kappa shape index (κ2) is 5.12. The van der Waals surface area contributed by atoms with Crippen LogP contribution in [0.4, 0.5) is 8.78 Å². The van der Waals surface area contributed by atoms with Crippen LogP contribution < -0.4 is 5.56 Å². The first-order valence-electron chi connectivity index (χ1n) is 6.61. The number of aromatic nitrogens is 3. The Hall–Kier alpha value is -2.50. The van der Waals surface area contributed by atoms with E-state index in [1.807, 2.05) is 6.92 Å². The quantitative estimate of drug-likeness (QED) is 0.805. The molecule has 2 heterocycles. The molecule has 1 N–H and O–H groups in total. The second-order valence-electron chi connectivity index (χ2n) is 4.73. The molecule has 0 atom stereocenters. The van der Waals surface area contributed by atoms with E-state index >= 15 is 0 Å². The molecule has 0 fully saturated rings. The van der Waals surface area contributed by atoms with E-state index in [0.717, 1.165) is 0 Å². The molecular weight excluding hydrogens is 276 g/mol. The van der Waals surface area contributed by atoms with E-state index in [0.29, 0.717) is 23.0 Å². The van der Waals surface area contributed by atoms with Gasteiger partial charge in [0.05, 0.1) is 23.1 Å². The van der Waals surface area contributed by atoms with Crippen LogP contribution in [0.2, 0.25) is 0 Å². The fourth-order valence-corrected chi connectivity index (χ4v) is 2.41. The van der Waals surface area contributed by atoms with E-state index in [-0.39, 0.29) is 17.7 Å². The van der Waals surface area contributed by atoms with Gasteiger partial charge in [-0.3, -0.25) is 9.48 Å². The van der Waals surface area contributed by atoms with Crippen molar-refractivity contribution in [3.8, 4) is 0 Å². The summed E-state index contributed by atoms with van der Waals surface area (Å²) >= 11 is 0. The van der Waals surface area contributed by atoms with Gasteiger partial charge in [-0.2, -0.15) is 5.10 Å². The maximum atomic E-state index is 13.8. The highest BCUT2D eigenvalue weighted by Crippen LogP contribution is 2.19. The summed E-state index contributed by atoms with van der Waals surface area (Å²) in [4.78, 5) is 14.5. The summed E-state index contributed by atoms with van der Waals surface area (Å²) in [6, 6.07) is 5.41. The lowest BCUT2D eigenvalue weighted by Crippen LogP contribution is -2.08. The number of benzene rings is 1. The van der Waals surface area contributed by atoms with Gasteiger partial charge in [-0.25, -0.2) is 8.78 Å². The first-order chi connectivity index (χ1) is 10.1. The summed E-state index contributed by atoms with van der Waals surface area (Å²) < 4.78 is 29.0. The molecule has 0 saturated heterocycles. The molecule has 3 rings (SSSR count). The van der Waals surface area contributed by atoms with E-state index in [9.17, 15) is 13.6 Å². The van der Waals surface area contributed by atoms with Gasteiger partial charge in [0.1, 0.15) is 11.6 Å². The fourth-order valence-electron chi connectivity index (χ4n) is 2.41. The Bertz CT molecular complexity index is 847. The van der Waals surface area contributed by atoms with Crippen LogP contribution in [0.15, 0.2) is 35.3 Å². The van der Waals surface area contributed by atoms with Crippen molar-refractivity contribution >= 4 is 10.9 Å². The van der Waals surface area contributed by atoms with Gasteiger partial charge in [-0.1, -0.05) is 13.0 Å². The lowest BCUT2D eigenvalue weighted by molar-refractivity contribution is 0.535. The van der Waals surface area contributed by atoms with Crippen LogP contribution in [0.1, 0.15) is 18.2 Å². The van der Waals surface area contributed by atoms with E-state index in [2.05, 4.69) is 10.1 Å². The lowest BCUT2D eigenvalue weighted by Gasteiger charge is -2.06. The molecule has 0 amide bonds. The van der Waals surface area contributed by atoms with Crippen molar-refractivity contribution in [2.45, 2.75) is 19.9 Å². The summed E-state index contributed by atoms with van der Waals surface area (Å²) in [5.41, 5.74) is 0.872. The van der Waals surface area contributed by atoms with E-state index < -0.39 is 11.6 Å². The standard InChI is InChI=1S/C15H13F2N3O/c1-2-12-14-13(6-7-18-15(14)21)20(19-12)8-9-10(16)4-3-5-11(9)17/h3-7H,2,8H2,1H3,(H,18,21). The summed E-state index contributed by atoms with van der Waals surface area (Å²) in [6.07, 6.45) is 2.07. The van der Waals surface area contributed by atoms with Crippen molar-refractivity contribution in [1.29, 1.82) is 0 Å². The molecule has 0 aliphatic rings. The lowest BCUT2D eigenvalue weighted by atomic mass is 10.2. The van der Waals surface area contributed by atoms with Crippen LogP contribution >= 0.6 is 0 Å². The minimum Gasteiger partial charge on any atom is -0.328 e. The molecular formula is C15H13F2N3O. The summed E-state index contributed by atoms with van der Waals surface area (Å²) in [5.74, 6) is -1.25. The maximum Gasteiger partial charge on any atom is 0.259 e. The molecule has 4 nitrogen and oxygen atoms in total. The Morgan fingerprint density at radius 2 is 1.95 bits per heavy atom. The van der Waals surface area contributed by atoms with Crippen molar-refractivity contribution in [1.82, 2.24) is 14.8 Å². The first-order valence-corrected chi connectivity index (χ1v) is 6.61. The zero-order valence-corrected chi connectivity index (χ0v) is 11.4. The van der Waals surface area contributed by atoms with Crippen molar-refractivity contribution < 1.29 is 8.78 Å². The smallest absolute Gasteiger partial charge is 0.259 e. The Balaban J connectivity index is 2.18. The molecule has 0 spiro atoms. The predicted octanol–water partition coefficient (Wildman–Crippen LogP) is 2.61. The molecule has 3 aromatic rings. The van der Waals surface area contributed by atoms with Crippen molar-refractivity contribution in [2.75, 3.05) is 0 Å². The molecule has 2 aromatic heterocycles. The molecule has 6 heteroatoms. The third-order valence-corrected chi connectivity index (χ3v) is 3.45. The molecule has 0 aliphatic heterocycles. The van der Waals surface area contributed by atoms with Gasteiger partial charge in [0.15, 0.2) is 0 Å². The number of H-pyrrole nitrogens is 1. The van der Waals surface area contributed by atoms with Crippen LogP contribution in [0.25, 0.3) is 10.9 Å². The van der Waals surface area contributed by atoms with Gasteiger partial charge in [-0.15, -0.1) is 0 Å². The number of nitrogens with zero attached hydrogens (tertiary/aromatic N) is 2. The number of rotatable bonds is 3. The highest BCUT2D eigenvalue weighted by molar-refractivity contribution is 5.80. The van der Waals surface area contributed by atoms with Crippen LogP contribution in [-0.2, 0) is 13.0 Å². The fraction of sp³-hybridized carbons (Fsp3) is 0.200. The van der Waals surface area contributed by atoms with Gasteiger partial charge in [0.25, 0.3) is 5.56 Å². The Morgan fingerprint density at radius 3 is 2.62 bits per heavy atom. The third-order valence-electron chi connectivity index (χ3n) is 3.45. The summed E-state index contributed by atoms with van der Waals surface area (Å²) in [6.45, 7) is 1.82. The average Bonchev–Trinajstić information content (AvgIpc) is 2.82. The van der Waals surface area contributed by atoms with Gasteiger partial charge in [0.2, 0.25) is 0 Å². The molecule has 0 radical (unpaired) electrons. The molecule has 0 saturated carbocycles. The summed E-state index contributed by atoms with van der Waals surface area (Å²) in [5, 5.41) is 4.78. The van der Waals surface area contributed by atoms with E-state index in [1.54, 1.807) is 6.07 Å². The van der Waals surface area contributed by atoms with Gasteiger partial charge in [0, 0.05) is 11.8 Å². The number of hydrogen-bond donors (Lipinski definition) is 1. The molecule has 108 valence electrons. The predicted molar refractivity (Wildman–Crippen MR) is 75.2 cm³/mol. The molecule has 21 heavy (non-hydrogen) atoms. The Morgan fingerprint density at radius 1 is 1.24 bits per heavy atom. The molecule has 1 aromatic carbocycles. The number of halogens is 2. The number of nitrogens with one attached hydrogen (secondary N) is 1. The van der Waals surface area contributed by atoms with Crippen LogP contribution in [0.5, 0.6) is 0 Å². The van der Waals surface area contributed by atoms with E-state index in [1.165, 1.54) is 29.1 Å². The number of hydrogen-bond acceptors (Lipinski definition) is 2. The topological polar surface area (TPSA) is 50.7 Å². The van der Waals surface area contributed by atoms with Gasteiger partial charge >= 0.3 is 0 Å². The zero-order chi connectivity index (χ0) is 15.0. The highest BCUT2D eigenvalue weighted by Gasteiger charge is 2.15. The number of aromatic amines is 1. The van der Waals surface area contributed by atoms with Crippen LogP contribution in [0.3, 0.4) is 0 Å². The SMILES string of the molecule is CCc1nn(Cc2c(F)cccc2F)c2cc[nH]c(=O)c12. The minimum atomic E-state index is -0.624. The monoisotopic (exact) mass is 289 g/mol.